The standard InChI is InChI=1S/C27H36O7/c1-25(2)19(12-20(28)32-5)27(4)17-6-8-26(3)18(15(17)10-16(22(25)30)23(27)31)11-21(29)34-24(26)14-7-9-33-13-14/h7,9,13,16-17,19,21-22,24,29-30H,6,8,10-12H2,1-5H3/t16-,17+,19+,21-,22+,24+,26-,27-/m1/s1. The van der Waals surface area contributed by atoms with E-state index < -0.39 is 29.1 Å². The number of rotatable bonds is 3. The summed E-state index contributed by atoms with van der Waals surface area (Å²) < 4.78 is 16.4. The molecular weight excluding hydrogens is 436 g/mol. The van der Waals surface area contributed by atoms with E-state index in [1.165, 1.54) is 12.7 Å². The fourth-order valence-electron chi connectivity index (χ4n) is 8.12. The van der Waals surface area contributed by atoms with Crippen LogP contribution in [0.1, 0.15) is 71.5 Å². The van der Waals surface area contributed by atoms with Gasteiger partial charge < -0.3 is 24.1 Å². The molecule has 7 heteroatoms. The van der Waals surface area contributed by atoms with Gasteiger partial charge in [0.2, 0.25) is 0 Å². The van der Waals surface area contributed by atoms with Gasteiger partial charge in [-0.2, -0.15) is 0 Å². The van der Waals surface area contributed by atoms with Crippen LogP contribution in [0.25, 0.3) is 0 Å². The Labute approximate surface area is 200 Å². The molecule has 4 aliphatic rings. The molecule has 186 valence electrons. The largest absolute Gasteiger partial charge is 0.472 e. The van der Waals surface area contributed by atoms with Crippen molar-refractivity contribution in [1.82, 2.24) is 0 Å². The van der Waals surface area contributed by atoms with Crippen LogP contribution in [-0.2, 0) is 19.1 Å². The molecule has 7 nitrogen and oxygen atoms in total. The Hall–Kier alpha value is -1.96. The molecule has 0 unspecified atom stereocenters. The topological polar surface area (TPSA) is 106 Å². The van der Waals surface area contributed by atoms with Crippen LogP contribution in [0.5, 0.6) is 0 Å². The number of methoxy groups -OCH3 is 1. The van der Waals surface area contributed by atoms with Crippen molar-refractivity contribution in [2.45, 2.75) is 78.3 Å². The summed E-state index contributed by atoms with van der Waals surface area (Å²) in [7, 11) is 1.36. The number of ketones is 1. The second-order valence-corrected chi connectivity index (χ2v) is 11.8. The Bertz CT molecular complexity index is 1020. The summed E-state index contributed by atoms with van der Waals surface area (Å²) in [5, 5.41) is 22.1. The van der Waals surface area contributed by atoms with E-state index in [2.05, 4.69) is 6.92 Å². The van der Waals surface area contributed by atoms with Crippen LogP contribution in [-0.4, -0.2) is 41.5 Å². The van der Waals surface area contributed by atoms with E-state index in [1.807, 2.05) is 26.8 Å². The van der Waals surface area contributed by atoms with Crippen LogP contribution in [0.3, 0.4) is 0 Å². The zero-order valence-corrected chi connectivity index (χ0v) is 20.7. The molecule has 2 N–H and O–H groups in total. The van der Waals surface area contributed by atoms with Gasteiger partial charge in [-0.15, -0.1) is 0 Å². The molecule has 5 rings (SSSR count). The Morgan fingerprint density at radius 2 is 1.94 bits per heavy atom. The molecule has 2 saturated carbocycles. The van der Waals surface area contributed by atoms with Crippen molar-refractivity contribution in [2.75, 3.05) is 7.11 Å². The number of Topliss-reactive ketones (excluding diaryl/α,β-unsaturated/α-hetero) is 1. The van der Waals surface area contributed by atoms with Crippen LogP contribution < -0.4 is 0 Å². The molecule has 34 heavy (non-hydrogen) atoms. The van der Waals surface area contributed by atoms with Crippen LogP contribution in [0.15, 0.2) is 34.2 Å². The minimum absolute atomic E-state index is 0.0453. The third kappa shape index (κ3) is 3.06. The van der Waals surface area contributed by atoms with E-state index in [9.17, 15) is 19.8 Å². The fourth-order valence-corrected chi connectivity index (χ4v) is 8.12. The lowest BCUT2D eigenvalue weighted by Crippen LogP contribution is -2.66. The molecule has 3 aliphatic carbocycles. The van der Waals surface area contributed by atoms with Crippen molar-refractivity contribution in [3.63, 3.8) is 0 Å². The highest BCUT2D eigenvalue weighted by Gasteiger charge is 2.67. The summed E-state index contributed by atoms with van der Waals surface area (Å²) in [6, 6.07) is 1.88. The number of ether oxygens (including phenoxy) is 2. The maximum atomic E-state index is 13.9. The molecule has 0 spiro atoms. The van der Waals surface area contributed by atoms with Crippen LogP contribution in [0.4, 0.5) is 0 Å². The van der Waals surface area contributed by atoms with Crippen LogP contribution in [0, 0.1) is 34.0 Å². The average molecular weight is 473 g/mol. The highest BCUT2D eigenvalue weighted by atomic mass is 16.6. The molecule has 8 atom stereocenters. The maximum absolute atomic E-state index is 13.9. The first-order valence-corrected chi connectivity index (χ1v) is 12.3. The SMILES string of the molecule is COC(=O)C[C@H]1C(C)(C)[C@@H](O)[C@H]2CC3=C4C[C@H](O)O[C@@H](c5ccoc5)[C@]4(C)CC[C@@H]3[C@@]1(C)C2=O. The Kier molecular flexibility index (Phi) is 5.43. The first kappa shape index (κ1) is 23.8. The Balaban J connectivity index is 1.66. The number of hydrogen-bond donors (Lipinski definition) is 2. The van der Waals surface area contributed by atoms with E-state index in [1.54, 1.807) is 12.5 Å². The normalized spacial score (nSPS) is 43.2. The molecule has 1 aromatic heterocycles. The smallest absolute Gasteiger partial charge is 0.305 e. The molecule has 2 bridgehead atoms. The maximum Gasteiger partial charge on any atom is 0.305 e. The van der Waals surface area contributed by atoms with E-state index >= 15 is 0 Å². The van der Waals surface area contributed by atoms with Crippen molar-refractivity contribution in [3.05, 3.63) is 35.3 Å². The van der Waals surface area contributed by atoms with Gasteiger partial charge in [0.15, 0.2) is 6.29 Å². The molecule has 1 aromatic rings. The van der Waals surface area contributed by atoms with E-state index in [0.29, 0.717) is 12.8 Å². The number of hydrogen-bond acceptors (Lipinski definition) is 7. The molecule has 0 aromatic carbocycles. The van der Waals surface area contributed by atoms with Crippen molar-refractivity contribution >= 4 is 11.8 Å². The number of fused-ring (bicyclic) bond motifs is 5. The second-order valence-electron chi connectivity index (χ2n) is 11.8. The van der Waals surface area contributed by atoms with Gasteiger partial charge in [0, 0.05) is 35.2 Å². The number of furan rings is 1. The molecular formula is C27H36O7. The number of allylic oxidation sites excluding steroid dienone is 1. The van der Waals surface area contributed by atoms with Gasteiger partial charge in [-0.1, -0.05) is 38.8 Å². The van der Waals surface area contributed by atoms with Crippen molar-refractivity contribution < 1.29 is 33.7 Å². The number of esters is 1. The summed E-state index contributed by atoms with van der Waals surface area (Å²) in [5.41, 5.74) is 1.44. The molecule has 0 radical (unpaired) electrons. The van der Waals surface area contributed by atoms with E-state index in [0.717, 1.165) is 24.0 Å². The van der Waals surface area contributed by atoms with Gasteiger partial charge >= 0.3 is 5.97 Å². The molecule has 1 aliphatic heterocycles. The summed E-state index contributed by atoms with van der Waals surface area (Å²) in [4.78, 5) is 26.4. The van der Waals surface area contributed by atoms with E-state index in [-0.39, 0.29) is 41.5 Å². The lowest BCUT2D eigenvalue weighted by Gasteiger charge is -2.63. The predicted octanol–water partition coefficient (Wildman–Crippen LogP) is 3.95. The number of carbonyl (C=O) groups is 2. The predicted molar refractivity (Wildman–Crippen MR) is 122 cm³/mol. The van der Waals surface area contributed by atoms with Gasteiger partial charge in [0.1, 0.15) is 5.78 Å². The highest BCUT2D eigenvalue weighted by Crippen LogP contribution is 2.67. The van der Waals surface area contributed by atoms with Gasteiger partial charge in [-0.05, 0) is 42.6 Å². The second kappa shape index (κ2) is 7.77. The average Bonchev–Trinajstić information content (AvgIpc) is 3.32. The minimum atomic E-state index is -0.952. The molecule has 0 amide bonds. The third-order valence-electron chi connectivity index (χ3n) is 9.94. The summed E-state index contributed by atoms with van der Waals surface area (Å²) in [5.74, 6) is -1.23. The first-order valence-electron chi connectivity index (χ1n) is 12.3. The monoisotopic (exact) mass is 472 g/mol. The van der Waals surface area contributed by atoms with Crippen LogP contribution >= 0.6 is 0 Å². The van der Waals surface area contributed by atoms with Gasteiger partial charge in [0.25, 0.3) is 0 Å². The molecule has 3 fully saturated rings. The van der Waals surface area contributed by atoms with E-state index in [4.69, 9.17) is 13.9 Å². The lowest BCUT2D eigenvalue weighted by atomic mass is 9.40. The van der Waals surface area contributed by atoms with Crippen molar-refractivity contribution in [1.29, 1.82) is 0 Å². The summed E-state index contributed by atoms with van der Waals surface area (Å²) in [6.07, 6.45) is 3.66. The fraction of sp³-hybridized carbons (Fsp3) is 0.704. The van der Waals surface area contributed by atoms with Gasteiger partial charge in [-0.25, -0.2) is 0 Å². The Morgan fingerprint density at radius 3 is 2.59 bits per heavy atom. The zero-order chi connectivity index (χ0) is 24.6. The Morgan fingerprint density at radius 1 is 1.21 bits per heavy atom. The number of aliphatic hydroxyl groups is 2. The lowest BCUT2D eigenvalue weighted by molar-refractivity contribution is -0.201. The van der Waals surface area contributed by atoms with Crippen molar-refractivity contribution in [2.24, 2.45) is 34.0 Å². The van der Waals surface area contributed by atoms with Gasteiger partial charge in [0.05, 0.1) is 31.8 Å². The van der Waals surface area contributed by atoms with Crippen molar-refractivity contribution in [3.8, 4) is 0 Å². The highest BCUT2D eigenvalue weighted by molar-refractivity contribution is 5.92. The number of carbonyl (C=O) groups excluding carboxylic acids is 2. The third-order valence-corrected chi connectivity index (χ3v) is 9.94. The minimum Gasteiger partial charge on any atom is -0.472 e. The summed E-state index contributed by atoms with van der Waals surface area (Å²) in [6.45, 7) is 8.12. The zero-order valence-electron chi connectivity index (χ0n) is 20.7. The van der Waals surface area contributed by atoms with Crippen LogP contribution in [0.2, 0.25) is 0 Å². The molecule has 1 saturated heterocycles. The number of aliphatic hydroxyl groups excluding tert-OH is 2. The summed E-state index contributed by atoms with van der Waals surface area (Å²) >= 11 is 0. The quantitative estimate of drug-likeness (QED) is 0.507. The molecule has 2 heterocycles. The first-order chi connectivity index (χ1) is 16.0. The van der Waals surface area contributed by atoms with Gasteiger partial charge in [-0.3, -0.25) is 9.59 Å².